The minimum atomic E-state index is -0.591. The molecule has 0 aliphatic carbocycles. The third-order valence-corrected chi connectivity index (χ3v) is 3.69. The van der Waals surface area contributed by atoms with Crippen LogP contribution in [0.2, 0.25) is 0 Å². The second-order valence-electron chi connectivity index (χ2n) is 5.36. The van der Waals surface area contributed by atoms with E-state index in [4.69, 9.17) is 0 Å². The Kier molecular flexibility index (Phi) is 5.75. The number of fused-ring (bicyclic) bond motifs is 1. The molecule has 0 bridgehead atoms. The lowest BCUT2D eigenvalue weighted by atomic mass is 10.1. The van der Waals surface area contributed by atoms with Crippen LogP contribution in [0.15, 0.2) is 12.1 Å². The molecule has 0 radical (unpaired) electrons. The van der Waals surface area contributed by atoms with Gasteiger partial charge in [0.2, 0.25) is 5.91 Å². The van der Waals surface area contributed by atoms with Gasteiger partial charge < -0.3 is 10.1 Å². The summed E-state index contributed by atoms with van der Waals surface area (Å²) in [5.74, 6) is 0.704. The molecule has 120 valence electrons. The highest BCUT2D eigenvalue weighted by Crippen LogP contribution is 2.20. The van der Waals surface area contributed by atoms with Gasteiger partial charge in [-0.3, -0.25) is 4.79 Å². The van der Waals surface area contributed by atoms with Gasteiger partial charge in [0, 0.05) is 25.2 Å². The smallest absolute Gasteiger partial charge is 0.416 e. The predicted molar refractivity (Wildman–Crippen MR) is 83.8 cm³/mol. The molecule has 0 fully saturated rings. The van der Waals surface area contributed by atoms with Gasteiger partial charge in [-0.05, 0) is 37.3 Å². The fourth-order valence-electron chi connectivity index (χ4n) is 2.53. The first-order valence-corrected chi connectivity index (χ1v) is 7.76. The van der Waals surface area contributed by atoms with Crippen molar-refractivity contribution in [2.75, 3.05) is 25.5 Å². The van der Waals surface area contributed by atoms with Crippen LogP contribution in [0, 0.1) is 0 Å². The normalized spacial score (nSPS) is 13.0. The van der Waals surface area contributed by atoms with Crippen molar-refractivity contribution >= 4 is 17.8 Å². The van der Waals surface area contributed by atoms with E-state index in [1.54, 1.807) is 0 Å². The van der Waals surface area contributed by atoms with Gasteiger partial charge in [0.1, 0.15) is 5.82 Å². The molecule has 2 heterocycles. The number of aryl methyl sites for hydroxylation is 2. The molecule has 1 aromatic heterocycles. The van der Waals surface area contributed by atoms with Crippen molar-refractivity contribution in [1.82, 2.24) is 9.88 Å². The van der Waals surface area contributed by atoms with Crippen LogP contribution in [0.4, 0.5) is 10.6 Å². The maximum absolute atomic E-state index is 12.2. The zero-order valence-electron chi connectivity index (χ0n) is 13.2. The van der Waals surface area contributed by atoms with Crippen LogP contribution in [0.25, 0.3) is 0 Å². The number of carbonyl (C=O) groups is 2. The standard InChI is InChI=1S/C16H23N3O3/c1-3-11-19(16(21)22-2)14(20)9-8-13-7-6-12-5-4-10-17-15(12)18-13/h6-7H,3-5,8-11H2,1-2H3,(H,17,18). The Morgan fingerprint density at radius 1 is 1.41 bits per heavy atom. The average molecular weight is 305 g/mol. The summed E-state index contributed by atoms with van der Waals surface area (Å²) >= 11 is 0. The topological polar surface area (TPSA) is 71.5 Å². The summed E-state index contributed by atoms with van der Waals surface area (Å²) in [6.45, 7) is 3.24. The van der Waals surface area contributed by atoms with Crippen molar-refractivity contribution in [3.8, 4) is 0 Å². The van der Waals surface area contributed by atoms with E-state index in [9.17, 15) is 9.59 Å². The molecular formula is C16H23N3O3. The van der Waals surface area contributed by atoms with E-state index in [2.05, 4.69) is 21.1 Å². The molecule has 2 amide bonds. The molecule has 0 aromatic carbocycles. The SMILES string of the molecule is CCCN(C(=O)CCc1ccc2c(n1)NCCC2)C(=O)OC. The van der Waals surface area contributed by atoms with Crippen molar-refractivity contribution < 1.29 is 14.3 Å². The molecule has 0 saturated carbocycles. The third kappa shape index (κ3) is 3.96. The number of carbonyl (C=O) groups excluding carboxylic acids is 2. The van der Waals surface area contributed by atoms with Crippen LogP contribution in [0.5, 0.6) is 0 Å². The molecule has 22 heavy (non-hydrogen) atoms. The highest BCUT2D eigenvalue weighted by molar-refractivity contribution is 5.91. The second kappa shape index (κ2) is 7.77. The number of nitrogens with one attached hydrogen (secondary N) is 1. The number of methoxy groups -OCH3 is 1. The number of nitrogens with zero attached hydrogens (tertiary/aromatic N) is 2. The molecule has 1 aromatic rings. The first-order chi connectivity index (χ1) is 10.7. The van der Waals surface area contributed by atoms with Gasteiger partial charge in [-0.25, -0.2) is 14.7 Å². The highest BCUT2D eigenvalue weighted by atomic mass is 16.5. The quantitative estimate of drug-likeness (QED) is 0.904. The van der Waals surface area contributed by atoms with Crippen molar-refractivity contribution in [3.63, 3.8) is 0 Å². The molecule has 1 aliphatic rings. The number of hydrogen-bond donors (Lipinski definition) is 1. The number of imide groups is 1. The maximum atomic E-state index is 12.2. The summed E-state index contributed by atoms with van der Waals surface area (Å²) in [6, 6.07) is 4.03. The summed E-state index contributed by atoms with van der Waals surface area (Å²) in [7, 11) is 1.29. The maximum Gasteiger partial charge on any atom is 0.416 e. The summed E-state index contributed by atoms with van der Waals surface area (Å²) in [6.07, 6.45) is 3.05. The molecule has 0 spiro atoms. The molecule has 1 N–H and O–H groups in total. The Hall–Kier alpha value is -2.11. The van der Waals surface area contributed by atoms with Gasteiger partial charge in [-0.1, -0.05) is 13.0 Å². The number of anilines is 1. The first kappa shape index (κ1) is 16.3. The molecule has 6 heteroatoms. The number of pyridine rings is 1. The lowest BCUT2D eigenvalue weighted by molar-refractivity contribution is -0.129. The summed E-state index contributed by atoms with van der Waals surface area (Å²) in [5.41, 5.74) is 2.09. The van der Waals surface area contributed by atoms with Crippen molar-refractivity contribution in [1.29, 1.82) is 0 Å². The number of ether oxygens (including phenoxy) is 1. The minimum absolute atomic E-state index is 0.221. The number of amides is 2. The van der Waals surface area contributed by atoms with Crippen LogP contribution in [0.1, 0.15) is 37.4 Å². The molecule has 0 unspecified atom stereocenters. The second-order valence-corrected chi connectivity index (χ2v) is 5.36. The summed E-state index contributed by atoms with van der Waals surface area (Å²) in [5, 5.41) is 3.28. The summed E-state index contributed by atoms with van der Waals surface area (Å²) < 4.78 is 4.65. The number of aromatic nitrogens is 1. The fraction of sp³-hybridized carbons (Fsp3) is 0.562. The third-order valence-electron chi connectivity index (χ3n) is 3.69. The molecule has 0 saturated heterocycles. The van der Waals surface area contributed by atoms with E-state index in [1.165, 1.54) is 12.7 Å². The van der Waals surface area contributed by atoms with Gasteiger partial charge in [0.05, 0.1) is 7.11 Å². The average Bonchev–Trinajstić information content (AvgIpc) is 2.56. The predicted octanol–water partition coefficient (Wildman–Crippen LogP) is 2.38. The fourth-order valence-corrected chi connectivity index (χ4v) is 2.53. The Balaban J connectivity index is 1.96. The Morgan fingerprint density at radius 2 is 2.23 bits per heavy atom. The number of hydrogen-bond acceptors (Lipinski definition) is 5. The van der Waals surface area contributed by atoms with Crippen molar-refractivity contribution in [3.05, 3.63) is 23.4 Å². The van der Waals surface area contributed by atoms with Crippen molar-refractivity contribution in [2.24, 2.45) is 0 Å². The van der Waals surface area contributed by atoms with Gasteiger partial charge >= 0.3 is 6.09 Å². The van der Waals surface area contributed by atoms with E-state index >= 15 is 0 Å². The van der Waals surface area contributed by atoms with Crippen LogP contribution >= 0.6 is 0 Å². The van der Waals surface area contributed by atoms with Crippen molar-refractivity contribution in [2.45, 2.75) is 39.0 Å². The van der Waals surface area contributed by atoms with E-state index in [0.717, 1.165) is 35.8 Å². The van der Waals surface area contributed by atoms with Crippen LogP contribution in [-0.4, -0.2) is 42.1 Å². The molecule has 0 atom stereocenters. The van der Waals surface area contributed by atoms with E-state index in [1.807, 2.05) is 13.0 Å². The highest BCUT2D eigenvalue weighted by Gasteiger charge is 2.21. The number of rotatable bonds is 5. The first-order valence-electron chi connectivity index (χ1n) is 7.76. The van der Waals surface area contributed by atoms with Gasteiger partial charge in [0.15, 0.2) is 0 Å². The van der Waals surface area contributed by atoms with Crippen LogP contribution in [-0.2, 0) is 22.4 Å². The zero-order valence-corrected chi connectivity index (χ0v) is 13.2. The molecular weight excluding hydrogens is 282 g/mol. The largest absolute Gasteiger partial charge is 0.452 e. The molecule has 2 rings (SSSR count). The van der Waals surface area contributed by atoms with Gasteiger partial charge in [0.25, 0.3) is 0 Å². The lowest BCUT2D eigenvalue weighted by Crippen LogP contribution is -2.37. The molecule has 6 nitrogen and oxygen atoms in total. The van der Waals surface area contributed by atoms with E-state index in [0.29, 0.717) is 19.4 Å². The lowest BCUT2D eigenvalue weighted by Gasteiger charge is -2.19. The van der Waals surface area contributed by atoms with Crippen LogP contribution in [0.3, 0.4) is 0 Å². The van der Waals surface area contributed by atoms with Crippen LogP contribution < -0.4 is 5.32 Å². The van der Waals surface area contributed by atoms with Gasteiger partial charge in [-0.2, -0.15) is 0 Å². The van der Waals surface area contributed by atoms with E-state index in [-0.39, 0.29) is 12.3 Å². The molecule has 1 aliphatic heterocycles. The Bertz CT molecular complexity index is 545. The zero-order chi connectivity index (χ0) is 15.9. The Labute approximate surface area is 130 Å². The monoisotopic (exact) mass is 305 g/mol. The minimum Gasteiger partial charge on any atom is -0.452 e. The summed E-state index contributed by atoms with van der Waals surface area (Å²) in [4.78, 5) is 29.5. The Morgan fingerprint density at radius 3 is 2.95 bits per heavy atom. The van der Waals surface area contributed by atoms with Gasteiger partial charge in [-0.15, -0.1) is 0 Å². The van der Waals surface area contributed by atoms with E-state index < -0.39 is 6.09 Å².